The van der Waals surface area contributed by atoms with E-state index in [2.05, 4.69) is 22.1 Å². The Morgan fingerprint density at radius 1 is 1.58 bits per heavy atom. The van der Waals surface area contributed by atoms with Gasteiger partial charge in [-0.05, 0) is 6.42 Å². The fourth-order valence-electron chi connectivity index (χ4n) is 1.49. The van der Waals surface area contributed by atoms with Crippen LogP contribution in [0.5, 0.6) is 0 Å². The van der Waals surface area contributed by atoms with Crippen molar-refractivity contribution in [3.63, 3.8) is 0 Å². The number of halogens is 3. The van der Waals surface area contributed by atoms with E-state index in [9.17, 15) is 18.0 Å². The summed E-state index contributed by atoms with van der Waals surface area (Å²) in [4.78, 5) is 11.6. The van der Waals surface area contributed by atoms with Crippen LogP contribution in [0.25, 0.3) is 0 Å². The highest BCUT2D eigenvalue weighted by atomic mass is 32.2. The van der Waals surface area contributed by atoms with Gasteiger partial charge in [-0.25, -0.2) is 0 Å². The molecule has 0 aliphatic heterocycles. The first-order valence-electron chi connectivity index (χ1n) is 5.36. The molecule has 1 aliphatic rings. The SMILES string of the molecule is C=CCSc1nnc(NC(=O)[C@@H]2C[C@H]2C(F)(F)F)s1. The second-order valence-corrected chi connectivity index (χ2v) is 6.20. The van der Waals surface area contributed by atoms with Crippen molar-refractivity contribution in [2.24, 2.45) is 11.8 Å². The van der Waals surface area contributed by atoms with Crippen LogP contribution < -0.4 is 5.32 Å². The highest BCUT2D eigenvalue weighted by Crippen LogP contribution is 2.50. The number of thioether (sulfide) groups is 1. The quantitative estimate of drug-likeness (QED) is 0.516. The van der Waals surface area contributed by atoms with Crippen molar-refractivity contribution in [1.82, 2.24) is 10.2 Å². The number of carbonyl (C=O) groups excluding carboxylic acids is 1. The molecule has 1 amide bonds. The maximum Gasteiger partial charge on any atom is 0.392 e. The summed E-state index contributed by atoms with van der Waals surface area (Å²) in [6, 6.07) is 0. The van der Waals surface area contributed by atoms with E-state index < -0.39 is 23.9 Å². The molecule has 104 valence electrons. The normalized spacial score (nSPS) is 22.1. The van der Waals surface area contributed by atoms with E-state index in [1.165, 1.54) is 11.8 Å². The van der Waals surface area contributed by atoms with Crippen molar-refractivity contribution in [2.45, 2.75) is 16.9 Å². The lowest BCUT2D eigenvalue weighted by molar-refractivity contribution is -0.153. The molecule has 1 heterocycles. The third-order valence-corrected chi connectivity index (χ3v) is 4.48. The molecule has 4 nitrogen and oxygen atoms in total. The highest BCUT2D eigenvalue weighted by Gasteiger charge is 2.58. The zero-order valence-corrected chi connectivity index (χ0v) is 11.2. The first-order valence-corrected chi connectivity index (χ1v) is 7.17. The Kier molecular flexibility index (Phi) is 4.14. The van der Waals surface area contributed by atoms with Gasteiger partial charge in [0.2, 0.25) is 11.0 Å². The number of aromatic nitrogens is 2. The summed E-state index contributed by atoms with van der Waals surface area (Å²) < 4.78 is 37.6. The molecule has 0 unspecified atom stereocenters. The van der Waals surface area contributed by atoms with E-state index in [1.54, 1.807) is 6.08 Å². The van der Waals surface area contributed by atoms with Gasteiger partial charge in [-0.2, -0.15) is 13.2 Å². The molecule has 1 fully saturated rings. The summed E-state index contributed by atoms with van der Waals surface area (Å²) in [5.41, 5.74) is 0. The summed E-state index contributed by atoms with van der Waals surface area (Å²) in [7, 11) is 0. The predicted octanol–water partition coefficient (Wildman–Crippen LogP) is 2.95. The van der Waals surface area contributed by atoms with Gasteiger partial charge in [0.05, 0.1) is 11.8 Å². The minimum atomic E-state index is -4.30. The molecule has 0 saturated heterocycles. The van der Waals surface area contributed by atoms with Crippen molar-refractivity contribution in [3.8, 4) is 0 Å². The largest absolute Gasteiger partial charge is 0.392 e. The fourth-order valence-corrected chi connectivity index (χ4v) is 3.01. The minimum Gasteiger partial charge on any atom is -0.300 e. The van der Waals surface area contributed by atoms with Gasteiger partial charge in [-0.1, -0.05) is 29.2 Å². The number of hydrogen-bond donors (Lipinski definition) is 1. The predicted molar refractivity (Wildman–Crippen MR) is 67.1 cm³/mol. The average molecular weight is 309 g/mol. The molecule has 2 rings (SSSR count). The lowest BCUT2D eigenvalue weighted by Gasteiger charge is -2.04. The maximum atomic E-state index is 12.3. The van der Waals surface area contributed by atoms with Gasteiger partial charge in [0, 0.05) is 5.75 Å². The molecular formula is C10H10F3N3OS2. The second-order valence-electron chi connectivity index (χ2n) is 3.95. The van der Waals surface area contributed by atoms with E-state index in [0.717, 1.165) is 11.3 Å². The van der Waals surface area contributed by atoms with Crippen LogP contribution in [0.3, 0.4) is 0 Å². The molecule has 1 aliphatic carbocycles. The van der Waals surface area contributed by atoms with Gasteiger partial charge in [0.1, 0.15) is 0 Å². The Morgan fingerprint density at radius 3 is 2.89 bits per heavy atom. The molecule has 1 N–H and O–H groups in total. The van der Waals surface area contributed by atoms with Gasteiger partial charge in [0.25, 0.3) is 0 Å². The van der Waals surface area contributed by atoms with E-state index >= 15 is 0 Å². The average Bonchev–Trinajstić information content (AvgIpc) is 3.03. The van der Waals surface area contributed by atoms with E-state index in [1.807, 2.05) is 0 Å². The monoisotopic (exact) mass is 309 g/mol. The van der Waals surface area contributed by atoms with Gasteiger partial charge < -0.3 is 5.32 Å². The Labute approximate surface area is 115 Å². The summed E-state index contributed by atoms with van der Waals surface area (Å²) >= 11 is 2.53. The molecule has 2 atom stereocenters. The molecule has 1 saturated carbocycles. The topological polar surface area (TPSA) is 54.9 Å². The number of carbonyl (C=O) groups is 1. The molecule has 0 bridgehead atoms. The zero-order chi connectivity index (χ0) is 14.0. The summed E-state index contributed by atoms with van der Waals surface area (Å²) in [6.45, 7) is 3.55. The van der Waals surface area contributed by atoms with Crippen molar-refractivity contribution in [3.05, 3.63) is 12.7 Å². The third kappa shape index (κ3) is 3.69. The van der Waals surface area contributed by atoms with Crippen LogP contribution in [-0.4, -0.2) is 28.0 Å². The van der Waals surface area contributed by atoms with Crippen molar-refractivity contribution in [1.29, 1.82) is 0 Å². The molecule has 9 heteroatoms. The molecule has 1 aromatic heterocycles. The first kappa shape index (κ1) is 14.3. The van der Waals surface area contributed by atoms with Gasteiger partial charge >= 0.3 is 6.18 Å². The number of amides is 1. The fraction of sp³-hybridized carbons (Fsp3) is 0.500. The van der Waals surface area contributed by atoms with Crippen LogP contribution in [0, 0.1) is 11.8 Å². The molecule has 0 spiro atoms. The van der Waals surface area contributed by atoms with Crippen LogP contribution in [0.4, 0.5) is 18.3 Å². The Morgan fingerprint density at radius 2 is 2.32 bits per heavy atom. The third-order valence-electron chi connectivity index (χ3n) is 2.51. The van der Waals surface area contributed by atoms with Crippen LogP contribution in [0.15, 0.2) is 17.0 Å². The van der Waals surface area contributed by atoms with Crippen LogP contribution in [-0.2, 0) is 4.79 Å². The summed E-state index contributed by atoms with van der Waals surface area (Å²) in [6.07, 6.45) is -2.75. The number of rotatable bonds is 5. The Balaban J connectivity index is 1.86. The Bertz CT molecular complexity index is 489. The van der Waals surface area contributed by atoms with Gasteiger partial charge in [0.15, 0.2) is 4.34 Å². The minimum absolute atomic E-state index is 0.147. The van der Waals surface area contributed by atoms with Gasteiger partial charge in [-0.3, -0.25) is 4.79 Å². The lowest BCUT2D eigenvalue weighted by Crippen LogP contribution is -2.20. The van der Waals surface area contributed by atoms with Crippen LogP contribution >= 0.6 is 23.1 Å². The first-order chi connectivity index (χ1) is 8.91. The maximum absolute atomic E-state index is 12.3. The van der Waals surface area contributed by atoms with Crippen molar-refractivity contribution < 1.29 is 18.0 Å². The van der Waals surface area contributed by atoms with Gasteiger partial charge in [-0.15, -0.1) is 16.8 Å². The number of nitrogens with one attached hydrogen (secondary N) is 1. The second kappa shape index (κ2) is 5.49. The number of hydrogen-bond acceptors (Lipinski definition) is 5. The molecular weight excluding hydrogens is 299 g/mol. The molecule has 1 aromatic rings. The van der Waals surface area contributed by atoms with Crippen LogP contribution in [0.2, 0.25) is 0 Å². The van der Waals surface area contributed by atoms with E-state index in [0.29, 0.717) is 10.1 Å². The standard InChI is InChI=1S/C10H10F3N3OS2/c1-2-3-18-9-16-15-8(19-9)14-7(17)5-4-6(5)10(11,12)13/h2,5-6H,1,3-4H2,(H,14,15,17)/t5-,6-/m1/s1. The Hall–Kier alpha value is -1.09. The number of anilines is 1. The summed E-state index contributed by atoms with van der Waals surface area (Å²) in [5.74, 6) is -2.50. The zero-order valence-electron chi connectivity index (χ0n) is 9.61. The molecule has 0 radical (unpaired) electrons. The van der Waals surface area contributed by atoms with Crippen molar-refractivity contribution >= 4 is 34.1 Å². The number of nitrogens with zero attached hydrogens (tertiary/aromatic N) is 2. The van der Waals surface area contributed by atoms with Crippen molar-refractivity contribution in [2.75, 3.05) is 11.1 Å². The van der Waals surface area contributed by atoms with Crippen LogP contribution in [0.1, 0.15) is 6.42 Å². The smallest absolute Gasteiger partial charge is 0.300 e. The summed E-state index contributed by atoms with van der Waals surface area (Å²) in [5, 5.41) is 10.1. The highest BCUT2D eigenvalue weighted by molar-refractivity contribution is 8.01. The van der Waals surface area contributed by atoms with E-state index in [-0.39, 0.29) is 11.6 Å². The molecule has 0 aromatic carbocycles. The number of alkyl halides is 3. The lowest BCUT2D eigenvalue weighted by atomic mass is 10.3. The molecule has 19 heavy (non-hydrogen) atoms. The van der Waals surface area contributed by atoms with E-state index in [4.69, 9.17) is 0 Å².